The van der Waals surface area contributed by atoms with Crippen LogP contribution in [0.5, 0.6) is 0 Å². The highest BCUT2D eigenvalue weighted by Gasteiger charge is 2.26. The number of nitrogens with zero attached hydrogens (tertiary/aromatic N) is 2. The number of sulfonamides is 1. The number of benzene rings is 3. The van der Waals surface area contributed by atoms with Crippen LogP contribution in [0.4, 0.5) is 5.69 Å². The summed E-state index contributed by atoms with van der Waals surface area (Å²) in [4.78, 5) is 30.2. The van der Waals surface area contributed by atoms with Gasteiger partial charge < -0.3 is 15.1 Å². The zero-order chi connectivity index (χ0) is 26.4. The first-order chi connectivity index (χ1) is 17.7. The van der Waals surface area contributed by atoms with E-state index in [1.807, 2.05) is 49.2 Å². The highest BCUT2D eigenvalue weighted by molar-refractivity contribution is 7.89. The summed E-state index contributed by atoms with van der Waals surface area (Å²) < 4.78 is 28.7. The molecule has 1 atom stereocenters. The normalized spacial score (nSPS) is 15.2. The highest BCUT2D eigenvalue weighted by atomic mass is 32.2. The smallest absolute Gasteiger partial charge is 0.253 e. The zero-order valence-corrected chi connectivity index (χ0v) is 21.9. The summed E-state index contributed by atoms with van der Waals surface area (Å²) in [6.07, 6.45) is 0.178. The Balaban J connectivity index is 1.48. The molecule has 8 nitrogen and oxygen atoms in total. The van der Waals surface area contributed by atoms with Gasteiger partial charge in [-0.05, 0) is 62.4 Å². The van der Waals surface area contributed by atoms with Crippen molar-refractivity contribution >= 4 is 27.5 Å². The summed E-state index contributed by atoms with van der Waals surface area (Å²) in [5.74, 6) is -0.531. The second kappa shape index (κ2) is 11.7. The van der Waals surface area contributed by atoms with E-state index in [0.29, 0.717) is 24.3 Å². The maximum Gasteiger partial charge on any atom is 0.253 e. The highest BCUT2D eigenvalue weighted by Crippen LogP contribution is 2.16. The summed E-state index contributed by atoms with van der Waals surface area (Å²) >= 11 is 0. The zero-order valence-electron chi connectivity index (χ0n) is 21.1. The van der Waals surface area contributed by atoms with Gasteiger partial charge in [-0.15, -0.1) is 0 Å². The average molecular weight is 521 g/mol. The van der Waals surface area contributed by atoms with Crippen LogP contribution in [0, 0.1) is 6.92 Å². The third-order valence-corrected chi connectivity index (χ3v) is 7.91. The number of hydrogen-bond acceptors (Lipinski definition) is 5. The van der Waals surface area contributed by atoms with Crippen LogP contribution in [0.25, 0.3) is 0 Å². The van der Waals surface area contributed by atoms with Gasteiger partial charge in [-0.3, -0.25) is 9.59 Å². The summed E-state index contributed by atoms with van der Waals surface area (Å²) in [5.41, 5.74) is 2.78. The van der Waals surface area contributed by atoms with Crippen molar-refractivity contribution in [1.29, 1.82) is 0 Å². The Kier molecular flexibility index (Phi) is 8.38. The third-order valence-electron chi connectivity index (χ3n) is 6.42. The number of nitrogens with one attached hydrogen (secondary N) is 2. The van der Waals surface area contributed by atoms with E-state index < -0.39 is 22.0 Å². The van der Waals surface area contributed by atoms with Gasteiger partial charge in [0.15, 0.2) is 0 Å². The molecule has 0 spiro atoms. The van der Waals surface area contributed by atoms with E-state index in [-0.39, 0.29) is 17.2 Å². The van der Waals surface area contributed by atoms with Crippen molar-refractivity contribution in [3.63, 3.8) is 0 Å². The van der Waals surface area contributed by atoms with Crippen molar-refractivity contribution in [2.45, 2.75) is 24.3 Å². The molecule has 0 bridgehead atoms. The number of rotatable bonds is 8. The van der Waals surface area contributed by atoms with Crippen LogP contribution in [0.2, 0.25) is 0 Å². The molecule has 9 heteroatoms. The van der Waals surface area contributed by atoms with Crippen molar-refractivity contribution in [1.82, 2.24) is 14.5 Å². The topological polar surface area (TPSA) is 98.8 Å². The van der Waals surface area contributed by atoms with Crippen LogP contribution in [-0.4, -0.2) is 69.3 Å². The van der Waals surface area contributed by atoms with Gasteiger partial charge in [-0.25, -0.2) is 8.42 Å². The first kappa shape index (κ1) is 26.5. The first-order valence-electron chi connectivity index (χ1n) is 12.2. The molecule has 0 radical (unpaired) electrons. The summed E-state index contributed by atoms with van der Waals surface area (Å²) in [5, 5.41) is 2.80. The maximum absolute atomic E-state index is 13.3. The van der Waals surface area contributed by atoms with E-state index in [1.165, 1.54) is 12.1 Å². The third kappa shape index (κ3) is 7.03. The monoisotopic (exact) mass is 520 g/mol. The quantitative estimate of drug-likeness (QED) is 0.476. The minimum atomic E-state index is -3.93. The van der Waals surface area contributed by atoms with E-state index >= 15 is 0 Å². The molecule has 4 rings (SSSR count). The van der Waals surface area contributed by atoms with E-state index in [0.717, 1.165) is 24.2 Å². The van der Waals surface area contributed by atoms with Crippen molar-refractivity contribution in [3.05, 3.63) is 95.6 Å². The van der Waals surface area contributed by atoms with Crippen LogP contribution >= 0.6 is 0 Å². The van der Waals surface area contributed by atoms with Crippen LogP contribution in [-0.2, 0) is 21.2 Å². The summed E-state index contributed by atoms with van der Waals surface area (Å²) in [7, 11) is -1.90. The van der Waals surface area contributed by atoms with Crippen LogP contribution in [0.1, 0.15) is 21.5 Å². The number of likely N-dealkylation sites (N-methyl/N-ethyl adjacent to an activating group) is 1. The van der Waals surface area contributed by atoms with Crippen molar-refractivity contribution in [3.8, 4) is 0 Å². The molecule has 0 saturated carbocycles. The van der Waals surface area contributed by atoms with Crippen molar-refractivity contribution < 1.29 is 18.0 Å². The average Bonchev–Trinajstić information content (AvgIpc) is 2.89. The molecular weight excluding hydrogens is 488 g/mol. The molecule has 1 heterocycles. The number of piperazine rings is 1. The molecule has 194 valence electrons. The van der Waals surface area contributed by atoms with Crippen LogP contribution in [0.3, 0.4) is 0 Å². The van der Waals surface area contributed by atoms with Crippen molar-refractivity contribution in [2.24, 2.45) is 0 Å². The van der Waals surface area contributed by atoms with Gasteiger partial charge in [0.1, 0.15) is 6.04 Å². The van der Waals surface area contributed by atoms with E-state index in [2.05, 4.69) is 14.9 Å². The van der Waals surface area contributed by atoms with E-state index in [1.54, 1.807) is 36.4 Å². The lowest BCUT2D eigenvalue weighted by Gasteiger charge is -2.32. The molecule has 0 unspecified atom stereocenters. The summed E-state index contributed by atoms with van der Waals surface area (Å²) in [6, 6.07) is 21.3. The molecular formula is C28H32N4O4S. The molecule has 3 aromatic rings. The number of anilines is 1. The second-order valence-electron chi connectivity index (χ2n) is 9.34. The predicted molar refractivity (Wildman–Crippen MR) is 144 cm³/mol. The van der Waals surface area contributed by atoms with Crippen molar-refractivity contribution in [2.75, 3.05) is 38.5 Å². The van der Waals surface area contributed by atoms with E-state index in [4.69, 9.17) is 0 Å². The van der Waals surface area contributed by atoms with Gasteiger partial charge in [0, 0.05) is 37.4 Å². The SMILES string of the molecule is Cc1ccc(S(=O)(=O)N[C@H](Cc2ccccc2)C(=O)Nc2ccc(C(=O)N3CCN(C)CC3)cc2)cc1. The fourth-order valence-corrected chi connectivity index (χ4v) is 5.32. The van der Waals surface area contributed by atoms with Gasteiger partial charge in [-0.1, -0.05) is 48.0 Å². The Bertz CT molecular complexity index is 1320. The molecule has 37 heavy (non-hydrogen) atoms. The Labute approximate surface area is 218 Å². The summed E-state index contributed by atoms with van der Waals surface area (Å²) in [6.45, 7) is 4.90. The second-order valence-corrected chi connectivity index (χ2v) is 11.1. The fraction of sp³-hybridized carbons (Fsp3) is 0.286. The molecule has 0 aromatic heterocycles. The minimum absolute atomic E-state index is 0.0428. The molecule has 3 aromatic carbocycles. The largest absolute Gasteiger partial charge is 0.336 e. The Hall–Kier alpha value is -3.53. The maximum atomic E-state index is 13.3. The molecule has 1 saturated heterocycles. The van der Waals surface area contributed by atoms with Gasteiger partial charge in [0.2, 0.25) is 15.9 Å². The Morgan fingerprint density at radius 1 is 0.865 bits per heavy atom. The molecule has 1 aliphatic rings. The van der Waals surface area contributed by atoms with E-state index in [9.17, 15) is 18.0 Å². The van der Waals surface area contributed by atoms with Crippen LogP contribution < -0.4 is 10.0 Å². The predicted octanol–water partition coefficient (Wildman–Crippen LogP) is 2.91. The molecule has 0 aliphatic carbocycles. The number of amides is 2. The Morgan fingerprint density at radius 3 is 2.11 bits per heavy atom. The van der Waals surface area contributed by atoms with Gasteiger partial charge in [-0.2, -0.15) is 4.72 Å². The lowest BCUT2D eigenvalue weighted by atomic mass is 10.1. The number of carbonyl (C=O) groups is 2. The van der Waals surface area contributed by atoms with Gasteiger partial charge in [0.05, 0.1) is 4.90 Å². The lowest BCUT2D eigenvalue weighted by Crippen LogP contribution is -2.47. The first-order valence-corrected chi connectivity index (χ1v) is 13.7. The number of carbonyl (C=O) groups excluding carboxylic acids is 2. The Morgan fingerprint density at radius 2 is 1.49 bits per heavy atom. The fourth-order valence-electron chi connectivity index (χ4n) is 4.13. The lowest BCUT2D eigenvalue weighted by molar-refractivity contribution is -0.117. The number of hydrogen-bond donors (Lipinski definition) is 2. The van der Waals surface area contributed by atoms with Gasteiger partial charge >= 0.3 is 0 Å². The number of aryl methyl sites for hydroxylation is 1. The van der Waals surface area contributed by atoms with Crippen LogP contribution in [0.15, 0.2) is 83.8 Å². The molecule has 1 fully saturated rings. The standard InChI is InChI=1S/C28H32N4O4S/c1-21-8-14-25(15-9-21)37(35,36)30-26(20-22-6-4-3-5-7-22)27(33)29-24-12-10-23(11-13-24)28(34)32-18-16-31(2)17-19-32/h3-15,26,30H,16-20H2,1-2H3,(H,29,33)/t26-/m1/s1. The minimum Gasteiger partial charge on any atom is -0.336 e. The van der Waals surface area contributed by atoms with Gasteiger partial charge in [0.25, 0.3) is 5.91 Å². The molecule has 2 N–H and O–H groups in total. The molecule has 2 amide bonds. The molecule has 1 aliphatic heterocycles.